The summed E-state index contributed by atoms with van der Waals surface area (Å²) in [5.41, 5.74) is 6.84. The molecule has 0 radical (unpaired) electrons. The summed E-state index contributed by atoms with van der Waals surface area (Å²) in [5.74, 6) is 0.609. The van der Waals surface area contributed by atoms with Crippen molar-refractivity contribution < 1.29 is 9.53 Å². The number of fused-ring (bicyclic) bond motifs is 1. The van der Waals surface area contributed by atoms with Crippen molar-refractivity contribution in [3.05, 3.63) is 29.8 Å². The molecule has 1 heterocycles. The minimum atomic E-state index is -0.259. The van der Waals surface area contributed by atoms with Crippen LogP contribution in [0, 0.1) is 5.92 Å². The summed E-state index contributed by atoms with van der Waals surface area (Å²) in [5, 5.41) is 0. The molecular formula is C17H24N2O2. The predicted octanol–water partition coefficient (Wildman–Crippen LogP) is 2.69. The lowest BCUT2D eigenvalue weighted by Gasteiger charge is -2.27. The zero-order chi connectivity index (χ0) is 14.8. The molecule has 1 aromatic rings. The van der Waals surface area contributed by atoms with E-state index in [1.54, 1.807) is 24.3 Å². The van der Waals surface area contributed by atoms with E-state index >= 15 is 0 Å². The second-order valence-corrected chi connectivity index (χ2v) is 6.34. The molecule has 0 amide bonds. The third kappa shape index (κ3) is 3.05. The zero-order valence-electron chi connectivity index (χ0n) is 12.6. The van der Waals surface area contributed by atoms with E-state index < -0.39 is 0 Å². The Balaban J connectivity index is 1.49. The number of carbonyl (C=O) groups excluding carboxylic acids is 1. The summed E-state index contributed by atoms with van der Waals surface area (Å²) in [6.07, 6.45) is 5.33. The van der Waals surface area contributed by atoms with Gasteiger partial charge in [-0.1, -0.05) is 6.42 Å². The third-order valence-electron chi connectivity index (χ3n) is 4.98. The molecule has 1 saturated heterocycles. The molecule has 3 atom stereocenters. The van der Waals surface area contributed by atoms with Crippen LogP contribution in [0.3, 0.4) is 0 Å². The molecule has 3 rings (SSSR count). The van der Waals surface area contributed by atoms with E-state index in [9.17, 15) is 4.79 Å². The van der Waals surface area contributed by atoms with Gasteiger partial charge in [-0.25, -0.2) is 4.79 Å². The van der Waals surface area contributed by atoms with Gasteiger partial charge < -0.3 is 10.5 Å². The van der Waals surface area contributed by atoms with Crippen LogP contribution < -0.4 is 5.73 Å². The van der Waals surface area contributed by atoms with Gasteiger partial charge in [-0.3, -0.25) is 4.90 Å². The van der Waals surface area contributed by atoms with Crippen LogP contribution in [-0.2, 0) is 4.74 Å². The first kappa shape index (κ1) is 14.4. The Labute approximate surface area is 126 Å². The second-order valence-electron chi connectivity index (χ2n) is 6.34. The molecule has 114 valence electrons. The van der Waals surface area contributed by atoms with Gasteiger partial charge >= 0.3 is 5.97 Å². The van der Waals surface area contributed by atoms with Crippen LogP contribution in [0.15, 0.2) is 24.3 Å². The van der Waals surface area contributed by atoms with E-state index in [1.165, 1.54) is 25.7 Å². The Hall–Kier alpha value is -1.55. The van der Waals surface area contributed by atoms with Gasteiger partial charge in [-0.15, -0.1) is 0 Å². The smallest absolute Gasteiger partial charge is 0.338 e. The maximum absolute atomic E-state index is 12.0. The van der Waals surface area contributed by atoms with Crippen molar-refractivity contribution in [3.63, 3.8) is 0 Å². The second kappa shape index (κ2) is 6.06. The van der Waals surface area contributed by atoms with Crippen molar-refractivity contribution in [1.82, 2.24) is 4.90 Å². The number of nitrogen functional groups attached to an aromatic ring is 1. The lowest BCUT2D eigenvalue weighted by Crippen LogP contribution is -2.37. The van der Waals surface area contributed by atoms with Gasteiger partial charge in [0, 0.05) is 24.3 Å². The van der Waals surface area contributed by atoms with E-state index in [0.29, 0.717) is 23.9 Å². The Morgan fingerprint density at radius 2 is 2.10 bits per heavy atom. The molecule has 1 aliphatic carbocycles. The number of likely N-dealkylation sites (tertiary alicyclic amines) is 1. The highest BCUT2D eigenvalue weighted by Crippen LogP contribution is 2.40. The van der Waals surface area contributed by atoms with Gasteiger partial charge in [0.1, 0.15) is 6.61 Å². The normalized spacial score (nSPS) is 28.5. The number of ether oxygens (including phenoxy) is 1. The number of esters is 1. The fourth-order valence-electron chi connectivity index (χ4n) is 3.96. The Kier molecular flexibility index (Phi) is 4.15. The van der Waals surface area contributed by atoms with Crippen molar-refractivity contribution >= 4 is 11.7 Å². The minimum absolute atomic E-state index is 0.259. The van der Waals surface area contributed by atoms with Crippen LogP contribution >= 0.6 is 0 Å². The summed E-state index contributed by atoms with van der Waals surface area (Å²) in [6.45, 7) is 3.61. The van der Waals surface area contributed by atoms with Crippen LogP contribution in [0.1, 0.15) is 43.0 Å². The van der Waals surface area contributed by atoms with Gasteiger partial charge in [0.2, 0.25) is 0 Å². The van der Waals surface area contributed by atoms with Gasteiger partial charge in [-0.2, -0.15) is 0 Å². The first-order valence-electron chi connectivity index (χ1n) is 7.93. The highest BCUT2D eigenvalue weighted by molar-refractivity contribution is 5.89. The molecule has 2 aliphatic rings. The van der Waals surface area contributed by atoms with Crippen molar-refractivity contribution in [2.45, 2.75) is 44.7 Å². The molecule has 0 spiro atoms. The molecular weight excluding hydrogens is 264 g/mol. The maximum atomic E-state index is 12.0. The number of rotatable bonds is 4. The Morgan fingerprint density at radius 3 is 2.86 bits per heavy atom. The number of nitrogens with zero attached hydrogens (tertiary/aromatic N) is 1. The van der Waals surface area contributed by atoms with Crippen molar-refractivity contribution in [3.8, 4) is 0 Å². The number of hydrogen-bond donors (Lipinski definition) is 1. The SMILES string of the molecule is CC1CC2CCCC2N1CCOC(=O)c1ccc(N)cc1. The molecule has 2 fully saturated rings. The minimum Gasteiger partial charge on any atom is -0.461 e. The number of benzene rings is 1. The number of nitrogens with two attached hydrogens (primary N) is 1. The molecule has 1 aromatic carbocycles. The average molecular weight is 288 g/mol. The van der Waals surface area contributed by atoms with Crippen LogP contribution in [0.4, 0.5) is 5.69 Å². The van der Waals surface area contributed by atoms with E-state index in [0.717, 1.165) is 18.5 Å². The Morgan fingerprint density at radius 1 is 1.33 bits per heavy atom. The molecule has 3 unspecified atom stereocenters. The molecule has 0 bridgehead atoms. The average Bonchev–Trinajstić information content (AvgIpc) is 3.02. The molecule has 0 aromatic heterocycles. The van der Waals surface area contributed by atoms with Crippen molar-refractivity contribution in [2.24, 2.45) is 5.92 Å². The molecule has 1 aliphatic heterocycles. The quantitative estimate of drug-likeness (QED) is 0.683. The summed E-state index contributed by atoms with van der Waals surface area (Å²) < 4.78 is 5.41. The molecule has 21 heavy (non-hydrogen) atoms. The first-order valence-corrected chi connectivity index (χ1v) is 7.93. The molecule has 4 heteroatoms. The van der Waals surface area contributed by atoms with E-state index in [4.69, 9.17) is 10.5 Å². The van der Waals surface area contributed by atoms with E-state index in [1.807, 2.05) is 0 Å². The summed E-state index contributed by atoms with van der Waals surface area (Å²) >= 11 is 0. The number of anilines is 1. The van der Waals surface area contributed by atoms with Crippen molar-refractivity contribution in [2.75, 3.05) is 18.9 Å². The fraction of sp³-hybridized carbons (Fsp3) is 0.588. The summed E-state index contributed by atoms with van der Waals surface area (Å²) in [7, 11) is 0. The van der Waals surface area contributed by atoms with Crippen molar-refractivity contribution in [1.29, 1.82) is 0 Å². The van der Waals surface area contributed by atoms with Crippen LogP contribution in [0.2, 0.25) is 0 Å². The largest absolute Gasteiger partial charge is 0.461 e. The molecule has 4 nitrogen and oxygen atoms in total. The van der Waals surface area contributed by atoms with Crippen LogP contribution in [0.25, 0.3) is 0 Å². The zero-order valence-corrected chi connectivity index (χ0v) is 12.6. The van der Waals surface area contributed by atoms with Crippen LogP contribution in [0.5, 0.6) is 0 Å². The van der Waals surface area contributed by atoms with Gasteiger partial charge in [0.25, 0.3) is 0 Å². The highest BCUT2D eigenvalue weighted by atomic mass is 16.5. The van der Waals surface area contributed by atoms with Gasteiger partial charge in [-0.05, 0) is 56.4 Å². The fourth-order valence-corrected chi connectivity index (χ4v) is 3.96. The maximum Gasteiger partial charge on any atom is 0.338 e. The first-order chi connectivity index (χ1) is 10.1. The van der Waals surface area contributed by atoms with Gasteiger partial charge in [0.05, 0.1) is 5.56 Å². The topological polar surface area (TPSA) is 55.6 Å². The third-order valence-corrected chi connectivity index (χ3v) is 4.98. The standard InChI is InChI=1S/C17H24N2O2/c1-12-11-14-3-2-4-16(14)19(12)9-10-21-17(20)13-5-7-15(18)8-6-13/h5-8,12,14,16H,2-4,9-11,18H2,1H3. The van der Waals surface area contributed by atoms with E-state index in [-0.39, 0.29) is 5.97 Å². The predicted molar refractivity (Wildman–Crippen MR) is 83.1 cm³/mol. The Bertz CT molecular complexity index is 500. The summed E-state index contributed by atoms with van der Waals surface area (Å²) in [4.78, 5) is 14.5. The lowest BCUT2D eigenvalue weighted by molar-refractivity contribution is 0.0431. The number of hydrogen-bond acceptors (Lipinski definition) is 4. The summed E-state index contributed by atoms with van der Waals surface area (Å²) in [6, 6.07) is 8.21. The highest BCUT2D eigenvalue weighted by Gasteiger charge is 2.41. The lowest BCUT2D eigenvalue weighted by atomic mass is 10.0. The van der Waals surface area contributed by atoms with Gasteiger partial charge in [0.15, 0.2) is 0 Å². The van der Waals surface area contributed by atoms with E-state index in [2.05, 4.69) is 11.8 Å². The molecule has 1 saturated carbocycles. The van der Waals surface area contributed by atoms with Crippen LogP contribution in [-0.4, -0.2) is 36.1 Å². The number of carbonyl (C=O) groups is 1. The molecule has 2 N–H and O–H groups in total. The monoisotopic (exact) mass is 288 g/mol.